The summed E-state index contributed by atoms with van der Waals surface area (Å²) >= 11 is 5.83. The predicted octanol–water partition coefficient (Wildman–Crippen LogP) is 0.629. The van der Waals surface area contributed by atoms with Crippen LogP contribution in [0.4, 0.5) is 0 Å². The maximum Gasteiger partial charge on any atom is 0.244 e. The van der Waals surface area contributed by atoms with Gasteiger partial charge in [0, 0.05) is 24.0 Å². The van der Waals surface area contributed by atoms with Crippen LogP contribution < -0.4 is 10.5 Å². The van der Waals surface area contributed by atoms with E-state index in [-0.39, 0.29) is 30.9 Å². The van der Waals surface area contributed by atoms with Gasteiger partial charge in [0.05, 0.1) is 0 Å². The zero-order chi connectivity index (χ0) is 18.5. The molecule has 1 aromatic carbocycles. The highest BCUT2D eigenvalue weighted by Gasteiger charge is 2.26. The molecule has 9 nitrogen and oxygen atoms in total. The molecule has 3 rings (SSSR count). The molecule has 0 unspecified atom stereocenters. The first kappa shape index (κ1) is 18.1. The van der Waals surface area contributed by atoms with Gasteiger partial charge in [0.1, 0.15) is 18.9 Å². The van der Waals surface area contributed by atoms with E-state index in [9.17, 15) is 9.59 Å². The lowest BCUT2D eigenvalue weighted by molar-refractivity contribution is -0.135. The Morgan fingerprint density at radius 3 is 2.58 bits per heavy atom. The van der Waals surface area contributed by atoms with Gasteiger partial charge >= 0.3 is 0 Å². The van der Waals surface area contributed by atoms with Crippen LogP contribution in [0.25, 0.3) is 0 Å². The van der Waals surface area contributed by atoms with E-state index in [0.717, 1.165) is 0 Å². The quantitative estimate of drug-likeness (QED) is 0.788. The lowest BCUT2D eigenvalue weighted by Crippen LogP contribution is -2.43. The van der Waals surface area contributed by atoms with Crippen LogP contribution in [-0.2, 0) is 22.7 Å². The van der Waals surface area contributed by atoms with E-state index in [1.165, 1.54) is 4.68 Å². The maximum atomic E-state index is 12.4. The zero-order valence-electron chi connectivity index (χ0n) is 14.0. The molecule has 0 bridgehead atoms. The number of aromatic nitrogens is 4. The Labute approximate surface area is 155 Å². The number of benzene rings is 1. The lowest BCUT2D eigenvalue weighted by atomic mass is 9.96. The van der Waals surface area contributed by atoms with Crippen molar-refractivity contribution in [3.05, 3.63) is 35.1 Å². The van der Waals surface area contributed by atoms with Crippen molar-refractivity contribution in [2.24, 2.45) is 11.7 Å². The number of likely N-dealkylation sites (tertiary alicyclic amines) is 1. The van der Waals surface area contributed by atoms with Gasteiger partial charge in [0.15, 0.2) is 5.82 Å². The Bertz CT molecular complexity index is 771. The van der Waals surface area contributed by atoms with Crippen molar-refractivity contribution < 1.29 is 14.3 Å². The first-order valence-corrected chi connectivity index (χ1v) is 8.61. The summed E-state index contributed by atoms with van der Waals surface area (Å²) in [5.74, 6) is 0.506. The molecule has 1 saturated heterocycles. The fourth-order valence-corrected chi connectivity index (χ4v) is 2.90. The second-order valence-corrected chi connectivity index (χ2v) is 6.49. The van der Waals surface area contributed by atoms with Crippen LogP contribution in [0, 0.1) is 5.92 Å². The van der Waals surface area contributed by atoms with E-state index >= 15 is 0 Å². The smallest absolute Gasteiger partial charge is 0.244 e. The number of rotatable bonds is 6. The second kappa shape index (κ2) is 8.13. The molecule has 1 fully saturated rings. The molecule has 2 N–H and O–H groups in total. The summed E-state index contributed by atoms with van der Waals surface area (Å²) in [6.07, 6.45) is 1.17. The topological polar surface area (TPSA) is 116 Å². The van der Waals surface area contributed by atoms with Crippen LogP contribution >= 0.6 is 11.6 Å². The number of piperidine rings is 1. The van der Waals surface area contributed by atoms with Crippen LogP contribution in [0.2, 0.25) is 5.02 Å². The second-order valence-electron chi connectivity index (χ2n) is 6.05. The van der Waals surface area contributed by atoms with Crippen LogP contribution in [-0.4, -0.2) is 50.0 Å². The van der Waals surface area contributed by atoms with Crippen molar-refractivity contribution in [1.29, 1.82) is 0 Å². The molecule has 2 amide bonds. The normalized spacial score (nSPS) is 15.0. The molecule has 1 aliphatic rings. The fourth-order valence-electron chi connectivity index (χ4n) is 2.77. The number of tetrazole rings is 1. The van der Waals surface area contributed by atoms with Crippen molar-refractivity contribution in [2.75, 3.05) is 13.1 Å². The number of ether oxygens (including phenoxy) is 1. The van der Waals surface area contributed by atoms with Gasteiger partial charge in [-0.05, 0) is 47.5 Å². The number of carbonyl (C=O) groups excluding carboxylic acids is 2. The Balaban J connectivity index is 1.54. The molecule has 0 aliphatic carbocycles. The minimum atomic E-state index is -0.306. The highest BCUT2D eigenvalue weighted by molar-refractivity contribution is 6.30. The third kappa shape index (κ3) is 4.48. The van der Waals surface area contributed by atoms with E-state index < -0.39 is 0 Å². The monoisotopic (exact) mass is 378 g/mol. The van der Waals surface area contributed by atoms with Crippen molar-refractivity contribution in [3.63, 3.8) is 0 Å². The molecular weight excluding hydrogens is 360 g/mol. The van der Waals surface area contributed by atoms with Crippen molar-refractivity contribution in [1.82, 2.24) is 25.1 Å². The summed E-state index contributed by atoms with van der Waals surface area (Å²) in [4.78, 5) is 25.3. The zero-order valence-corrected chi connectivity index (χ0v) is 14.8. The van der Waals surface area contributed by atoms with E-state index in [0.29, 0.717) is 42.5 Å². The minimum absolute atomic E-state index is 0.0214. The molecule has 1 aromatic heterocycles. The molecule has 26 heavy (non-hydrogen) atoms. The summed E-state index contributed by atoms with van der Waals surface area (Å²) in [5.41, 5.74) is 5.31. The van der Waals surface area contributed by atoms with Crippen LogP contribution in [0.5, 0.6) is 5.75 Å². The van der Waals surface area contributed by atoms with Crippen molar-refractivity contribution >= 4 is 23.4 Å². The first-order valence-electron chi connectivity index (χ1n) is 8.23. The molecule has 0 atom stereocenters. The Hall–Kier alpha value is -2.68. The van der Waals surface area contributed by atoms with Gasteiger partial charge in [0.25, 0.3) is 0 Å². The summed E-state index contributed by atoms with van der Waals surface area (Å²) < 4.78 is 7.03. The van der Waals surface area contributed by atoms with E-state index in [2.05, 4.69) is 15.5 Å². The minimum Gasteiger partial charge on any atom is -0.486 e. The third-order valence-corrected chi connectivity index (χ3v) is 4.57. The van der Waals surface area contributed by atoms with Gasteiger partial charge in [-0.3, -0.25) is 9.59 Å². The Morgan fingerprint density at radius 1 is 1.23 bits per heavy atom. The molecule has 2 heterocycles. The van der Waals surface area contributed by atoms with Crippen LogP contribution in [0.1, 0.15) is 18.7 Å². The number of nitrogens with two attached hydrogens (primary N) is 1. The van der Waals surface area contributed by atoms with E-state index in [1.54, 1.807) is 29.2 Å². The van der Waals surface area contributed by atoms with Gasteiger partial charge in [-0.1, -0.05) is 11.6 Å². The Kier molecular flexibility index (Phi) is 5.67. The molecule has 1 aliphatic heterocycles. The SMILES string of the molecule is NC(=O)C1CCN(C(=O)Cn2nnnc2COc2ccc(Cl)cc2)CC1. The fraction of sp³-hybridized carbons (Fsp3) is 0.438. The Morgan fingerprint density at radius 2 is 1.92 bits per heavy atom. The first-order chi connectivity index (χ1) is 12.5. The van der Waals surface area contributed by atoms with Gasteiger partial charge < -0.3 is 15.4 Å². The number of primary amides is 1. The molecule has 10 heteroatoms. The maximum absolute atomic E-state index is 12.4. The molecule has 0 saturated carbocycles. The van der Waals surface area contributed by atoms with E-state index in [4.69, 9.17) is 22.1 Å². The van der Waals surface area contributed by atoms with Gasteiger partial charge in [-0.15, -0.1) is 5.10 Å². The predicted molar refractivity (Wildman–Crippen MR) is 92.1 cm³/mol. The summed E-state index contributed by atoms with van der Waals surface area (Å²) in [6, 6.07) is 6.92. The molecule has 138 valence electrons. The average Bonchev–Trinajstić information content (AvgIpc) is 3.08. The molecule has 2 aromatic rings. The van der Waals surface area contributed by atoms with Crippen molar-refractivity contribution in [3.8, 4) is 5.75 Å². The molecular formula is C16H19ClN6O3. The average molecular weight is 379 g/mol. The number of carbonyl (C=O) groups is 2. The van der Waals surface area contributed by atoms with Crippen LogP contribution in [0.15, 0.2) is 24.3 Å². The lowest BCUT2D eigenvalue weighted by Gasteiger charge is -2.30. The summed E-state index contributed by atoms with van der Waals surface area (Å²) in [6.45, 7) is 1.16. The highest BCUT2D eigenvalue weighted by Crippen LogP contribution is 2.18. The summed E-state index contributed by atoms with van der Waals surface area (Å²) in [5, 5.41) is 12.0. The number of halogens is 1. The molecule has 0 radical (unpaired) electrons. The van der Waals surface area contributed by atoms with Crippen molar-refractivity contribution in [2.45, 2.75) is 26.0 Å². The van der Waals surface area contributed by atoms with E-state index in [1.807, 2.05) is 0 Å². The van der Waals surface area contributed by atoms with Crippen LogP contribution in [0.3, 0.4) is 0 Å². The standard InChI is InChI=1S/C16H19ClN6O3/c17-12-1-3-13(4-2-12)26-10-14-19-20-21-23(14)9-15(24)22-7-5-11(6-8-22)16(18)25/h1-4,11H,5-10H2,(H2,18,25). The number of hydrogen-bond donors (Lipinski definition) is 1. The third-order valence-electron chi connectivity index (χ3n) is 4.32. The van der Waals surface area contributed by atoms with Gasteiger partial charge in [-0.25, -0.2) is 4.68 Å². The number of hydrogen-bond acceptors (Lipinski definition) is 6. The summed E-state index contributed by atoms with van der Waals surface area (Å²) in [7, 11) is 0. The van der Waals surface area contributed by atoms with Gasteiger partial charge in [0.2, 0.25) is 11.8 Å². The highest BCUT2D eigenvalue weighted by atomic mass is 35.5. The molecule has 0 spiro atoms. The largest absolute Gasteiger partial charge is 0.486 e. The number of amides is 2. The number of nitrogens with zero attached hydrogens (tertiary/aromatic N) is 5. The van der Waals surface area contributed by atoms with Gasteiger partial charge in [-0.2, -0.15) is 0 Å².